The smallest absolute Gasteiger partial charge is 0.175 e. The van der Waals surface area contributed by atoms with Gasteiger partial charge in [-0.05, 0) is 24.6 Å². The van der Waals surface area contributed by atoms with Crippen LogP contribution in [0.1, 0.15) is 5.56 Å². The van der Waals surface area contributed by atoms with Gasteiger partial charge >= 0.3 is 0 Å². The zero-order valence-corrected chi connectivity index (χ0v) is 7.36. The number of hydrogen-bond donors (Lipinski definition) is 0. The molecule has 0 saturated heterocycles. The van der Waals surface area contributed by atoms with Crippen LogP contribution in [0.25, 0.3) is 0 Å². The summed E-state index contributed by atoms with van der Waals surface area (Å²) in [4.78, 5) is -0.0209. The zero-order chi connectivity index (χ0) is 9.35. The Balaban J connectivity index is 3.33. The van der Waals surface area contributed by atoms with E-state index in [0.717, 1.165) is 12.3 Å². The van der Waals surface area contributed by atoms with Gasteiger partial charge in [-0.3, -0.25) is 0 Å². The van der Waals surface area contributed by atoms with Crippen LogP contribution in [0.5, 0.6) is 0 Å². The van der Waals surface area contributed by atoms with Crippen LogP contribution in [0, 0.1) is 12.7 Å². The molecule has 0 amide bonds. The number of hydrogen-bond acceptors (Lipinski definition) is 2. The summed E-state index contributed by atoms with van der Waals surface area (Å²) in [6, 6.07) is 3.64. The molecule has 1 radical (unpaired) electrons. The molecular formula is C8H8FO2S. The Labute approximate surface area is 71.0 Å². The molecule has 0 fully saturated rings. The molecule has 12 heavy (non-hydrogen) atoms. The van der Waals surface area contributed by atoms with E-state index in [9.17, 15) is 12.8 Å². The third-order valence-corrected chi connectivity index (χ3v) is 2.56. The number of rotatable bonds is 1. The highest BCUT2D eigenvalue weighted by atomic mass is 32.2. The van der Waals surface area contributed by atoms with E-state index in [2.05, 4.69) is 6.92 Å². The molecule has 0 atom stereocenters. The highest BCUT2D eigenvalue weighted by Gasteiger charge is 2.08. The van der Waals surface area contributed by atoms with E-state index in [0.29, 0.717) is 0 Å². The van der Waals surface area contributed by atoms with Gasteiger partial charge in [-0.1, -0.05) is 6.07 Å². The molecule has 0 saturated carbocycles. The molecule has 1 rings (SSSR count). The maximum Gasteiger partial charge on any atom is 0.175 e. The van der Waals surface area contributed by atoms with Gasteiger partial charge in [0.1, 0.15) is 5.82 Å². The van der Waals surface area contributed by atoms with Crippen molar-refractivity contribution in [3.63, 3.8) is 0 Å². The molecule has 0 unspecified atom stereocenters. The molecule has 0 aromatic heterocycles. The summed E-state index contributed by atoms with van der Waals surface area (Å²) in [6.45, 7) is 3.37. The fourth-order valence-electron chi connectivity index (χ4n) is 0.759. The van der Waals surface area contributed by atoms with Gasteiger partial charge in [0.25, 0.3) is 0 Å². The van der Waals surface area contributed by atoms with Crippen LogP contribution in [0.3, 0.4) is 0 Å². The standard InChI is InChI=1S/C8H8FO2S/c1-6-3-4-7(5-8(6)9)12(2,10)11/h3-5H,1H2,2H3. The first-order chi connectivity index (χ1) is 5.41. The molecule has 65 valence electrons. The Morgan fingerprint density at radius 2 is 2.00 bits per heavy atom. The minimum atomic E-state index is -3.31. The van der Waals surface area contributed by atoms with Gasteiger partial charge in [0, 0.05) is 6.26 Å². The lowest BCUT2D eigenvalue weighted by atomic mass is 10.2. The van der Waals surface area contributed by atoms with Crippen LogP contribution < -0.4 is 0 Å². The predicted molar refractivity (Wildman–Crippen MR) is 44.0 cm³/mol. The Morgan fingerprint density at radius 1 is 1.42 bits per heavy atom. The third kappa shape index (κ3) is 1.82. The van der Waals surface area contributed by atoms with E-state index in [1.54, 1.807) is 0 Å². The largest absolute Gasteiger partial charge is 0.224 e. The van der Waals surface area contributed by atoms with Crippen molar-refractivity contribution < 1.29 is 12.8 Å². The third-order valence-electron chi connectivity index (χ3n) is 1.45. The van der Waals surface area contributed by atoms with Gasteiger partial charge in [0.2, 0.25) is 0 Å². The normalized spacial score (nSPS) is 11.6. The van der Waals surface area contributed by atoms with Crippen LogP contribution in [0.15, 0.2) is 23.1 Å². The summed E-state index contributed by atoms with van der Waals surface area (Å²) < 4.78 is 34.6. The van der Waals surface area contributed by atoms with E-state index in [4.69, 9.17) is 0 Å². The van der Waals surface area contributed by atoms with Crippen LogP contribution in [-0.2, 0) is 9.84 Å². The van der Waals surface area contributed by atoms with Crippen LogP contribution in [-0.4, -0.2) is 14.7 Å². The molecule has 0 spiro atoms. The second-order valence-corrected chi connectivity index (χ2v) is 4.54. The molecule has 0 aliphatic carbocycles. The fraction of sp³-hybridized carbons (Fsp3) is 0.125. The SMILES string of the molecule is [CH2]c1ccc(S(C)(=O)=O)cc1F. The Kier molecular flexibility index (Phi) is 2.19. The van der Waals surface area contributed by atoms with Crippen molar-refractivity contribution in [1.29, 1.82) is 0 Å². The van der Waals surface area contributed by atoms with E-state index < -0.39 is 15.7 Å². The molecule has 0 aliphatic heterocycles. The second kappa shape index (κ2) is 2.86. The van der Waals surface area contributed by atoms with Gasteiger partial charge in [0.15, 0.2) is 9.84 Å². The summed E-state index contributed by atoms with van der Waals surface area (Å²) in [5, 5.41) is 0. The molecule has 0 aliphatic rings. The lowest BCUT2D eigenvalue weighted by Crippen LogP contribution is -1.98. The van der Waals surface area contributed by atoms with E-state index in [1.807, 2.05) is 0 Å². The topological polar surface area (TPSA) is 34.1 Å². The number of halogens is 1. The molecule has 0 N–H and O–H groups in total. The molecular weight excluding hydrogens is 179 g/mol. The highest BCUT2D eigenvalue weighted by Crippen LogP contribution is 2.13. The van der Waals surface area contributed by atoms with E-state index in [-0.39, 0.29) is 10.5 Å². The van der Waals surface area contributed by atoms with E-state index in [1.165, 1.54) is 12.1 Å². The number of sulfone groups is 1. The summed E-state index contributed by atoms with van der Waals surface area (Å²) in [7, 11) is -3.31. The summed E-state index contributed by atoms with van der Waals surface area (Å²) >= 11 is 0. The minimum Gasteiger partial charge on any atom is -0.224 e. The van der Waals surface area contributed by atoms with Gasteiger partial charge < -0.3 is 0 Å². The Morgan fingerprint density at radius 3 is 2.42 bits per heavy atom. The first kappa shape index (κ1) is 9.19. The number of benzene rings is 1. The highest BCUT2D eigenvalue weighted by molar-refractivity contribution is 7.90. The quantitative estimate of drug-likeness (QED) is 0.666. The zero-order valence-electron chi connectivity index (χ0n) is 6.54. The summed E-state index contributed by atoms with van der Waals surface area (Å²) in [6.07, 6.45) is 1.03. The predicted octanol–water partition coefficient (Wildman–Crippen LogP) is 1.41. The van der Waals surface area contributed by atoms with Crippen molar-refractivity contribution in [2.45, 2.75) is 4.90 Å². The Hall–Kier alpha value is -0.900. The maximum absolute atomic E-state index is 12.8. The van der Waals surface area contributed by atoms with Gasteiger partial charge in [-0.25, -0.2) is 12.8 Å². The average Bonchev–Trinajstić information content (AvgIpc) is 1.92. The summed E-state index contributed by atoms with van der Waals surface area (Å²) in [5.74, 6) is -0.599. The monoisotopic (exact) mass is 187 g/mol. The first-order valence-electron chi connectivity index (χ1n) is 3.23. The molecule has 0 bridgehead atoms. The average molecular weight is 187 g/mol. The van der Waals surface area contributed by atoms with Crippen molar-refractivity contribution >= 4 is 9.84 Å². The van der Waals surface area contributed by atoms with Crippen LogP contribution in [0.4, 0.5) is 4.39 Å². The lowest BCUT2D eigenvalue weighted by Gasteiger charge is -1.99. The fourth-order valence-corrected chi connectivity index (χ4v) is 1.39. The lowest BCUT2D eigenvalue weighted by molar-refractivity contribution is 0.595. The summed E-state index contributed by atoms with van der Waals surface area (Å²) in [5.41, 5.74) is 0.197. The molecule has 1 aromatic carbocycles. The van der Waals surface area contributed by atoms with Gasteiger partial charge in [-0.15, -0.1) is 0 Å². The van der Waals surface area contributed by atoms with Crippen LogP contribution >= 0.6 is 0 Å². The van der Waals surface area contributed by atoms with E-state index >= 15 is 0 Å². The molecule has 0 heterocycles. The second-order valence-electron chi connectivity index (χ2n) is 2.53. The minimum absolute atomic E-state index is 0.0209. The molecule has 4 heteroatoms. The molecule has 2 nitrogen and oxygen atoms in total. The van der Waals surface area contributed by atoms with Crippen molar-refractivity contribution in [2.75, 3.05) is 6.26 Å². The maximum atomic E-state index is 12.8. The van der Waals surface area contributed by atoms with Crippen molar-refractivity contribution in [3.05, 3.63) is 36.5 Å². The molecule has 1 aromatic rings. The van der Waals surface area contributed by atoms with Crippen molar-refractivity contribution in [2.24, 2.45) is 0 Å². The van der Waals surface area contributed by atoms with Gasteiger partial charge in [-0.2, -0.15) is 0 Å². The Bertz CT molecular complexity index is 396. The first-order valence-corrected chi connectivity index (χ1v) is 5.12. The van der Waals surface area contributed by atoms with Crippen molar-refractivity contribution in [1.82, 2.24) is 0 Å². The van der Waals surface area contributed by atoms with Crippen LogP contribution in [0.2, 0.25) is 0 Å². The van der Waals surface area contributed by atoms with Gasteiger partial charge in [0.05, 0.1) is 4.90 Å². The van der Waals surface area contributed by atoms with Crippen molar-refractivity contribution in [3.8, 4) is 0 Å².